The van der Waals surface area contributed by atoms with Crippen LogP contribution in [-0.4, -0.2) is 40.0 Å². The van der Waals surface area contributed by atoms with Crippen LogP contribution in [0.1, 0.15) is 37.0 Å². The van der Waals surface area contributed by atoms with E-state index in [4.69, 9.17) is 4.74 Å². The van der Waals surface area contributed by atoms with Crippen molar-refractivity contribution in [2.45, 2.75) is 32.7 Å². The van der Waals surface area contributed by atoms with Crippen molar-refractivity contribution >= 4 is 17.4 Å². The van der Waals surface area contributed by atoms with E-state index in [1.54, 1.807) is 25.6 Å². The van der Waals surface area contributed by atoms with Gasteiger partial charge in [-0.1, -0.05) is 13.8 Å². The number of amides is 1. The predicted molar refractivity (Wildman–Crippen MR) is 109 cm³/mol. The summed E-state index contributed by atoms with van der Waals surface area (Å²) in [7, 11) is 1.61. The number of rotatable bonds is 7. The van der Waals surface area contributed by atoms with Crippen LogP contribution in [0.25, 0.3) is 16.9 Å². The summed E-state index contributed by atoms with van der Waals surface area (Å²) < 4.78 is 7.57. The number of nitrogens with zero attached hydrogens (tertiary/aromatic N) is 3. The average Bonchev–Trinajstić information content (AvgIpc) is 3.41. The van der Waals surface area contributed by atoms with Crippen molar-refractivity contribution in [1.82, 2.24) is 19.7 Å². The Balaban J connectivity index is 1.69. The van der Waals surface area contributed by atoms with Gasteiger partial charge >= 0.3 is 0 Å². The van der Waals surface area contributed by atoms with Gasteiger partial charge in [0.15, 0.2) is 11.5 Å². The Morgan fingerprint density at radius 2 is 2.14 bits per heavy atom. The van der Waals surface area contributed by atoms with Crippen molar-refractivity contribution in [3.8, 4) is 17.0 Å². The van der Waals surface area contributed by atoms with Gasteiger partial charge in [0.2, 0.25) is 0 Å². The first-order valence-electron chi connectivity index (χ1n) is 9.62. The number of carbonyl (C=O) groups is 1. The summed E-state index contributed by atoms with van der Waals surface area (Å²) in [4.78, 5) is 21.3. The lowest BCUT2D eigenvalue weighted by molar-refractivity contribution is 0.0950. The monoisotopic (exact) mass is 379 g/mol. The van der Waals surface area contributed by atoms with Crippen LogP contribution in [0.4, 0.5) is 5.82 Å². The molecule has 0 aliphatic heterocycles. The van der Waals surface area contributed by atoms with Gasteiger partial charge in [-0.25, -0.2) is 9.97 Å². The highest BCUT2D eigenvalue weighted by Gasteiger charge is 2.24. The minimum atomic E-state index is -0.0603. The van der Waals surface area contributed by atoms with Gasteiger partial charge in [-0.2, -0.15) is 0 Å². The second-order valence-corrected chi connectivity index (χ2v) is 7.55. The standard InChI is InChI=1S/C21H25N5O2/c1-13(2)11-23-19-20-24-12-17(26(20)9-8-22-19)16-7-4-14(10-18(16)28-3)21(27)25-15-5-6-15/h4,7-10,12-13,15H,5-6,11H2,1-3H3,(H,22,23)(H,25,27). The van der Waals surface area contributed by atoms with E-state index in [0.29, 0.717) is 23.3 Å². The highest BCUT2D eigenvalue weighted by atomic mass is 16.5. The molecule has 2 N–H and O–H groups in total. The number of hydrogen-bond donors (Lipinski definition) is 2. The number of benzene rings is 1. The van der Waals surface area contributed by atoms with Crippen molar-refractivity contribution in [3.63, 3.8) is 0 Å². The molecule has 2 aromatic heterocycles. The molecule has 0 atom stereocenters. The SMILES string of the molecule is COc1cc(C(=O)NC2CC2)ccc1-c1cnc2c(NCC(C)C)nccn12. The molecule has 1 aromatic carbocycles. The van der Waals surface area contributed by atoms with E-state index in [9.17, 15) is 4.79 Å². The minimum Gasteiger partial charge on any atom is -0.496 e. The fourth-order valence-electron chi connectivity index (χ4n) is 3.08. The third-order valence-corrected chi connectivity index (χ3v) is 4.76. The lowest BCUT2D eigenvalue weighted by Gasteiger charge is -2.12. The Bertz CT molecular complexity index is 1010. The average molecular weight is 379 g/mol. The quantitative estimate of drug-likeness (QED) is 0.658. The third kappa shape index (κ3) is 3.65. The number of aromatic nitrogens is 3. The van der Waals surface area contributed by atoms with Crippen molar-refractivity contribution in [3.05, 3.63) is 42.4 Å². The van der Waals surface area contributed by atoms with E-state index in [2.05, 4.69) is 34.4 Å². The van der Waals surface area contributed by atoms with Crippen LogP contribution >= 0.6 is 0 Å². The summed E-state index contributed by atoms with van der Waals surface area (Å²) in [6, 6.07) is 5.84. The van der Waals surface area contributed by atoms with Gasteiger partial charge in [0.1, 0.15) is 5.75 Å². The molecule has 0 radical (unpaired) electrons. The van der Waals surface area contributed by atoms with Crippen LogP contribution in [0.5, 0.6) is 5.75 Å². The Hall–Kier alpha value is -3.09. The normalized spacial score (nSPS) is 13.7. The molecule has 146 valence electrons. The molecule has 28 heavy (non-hydrogen) atoms. The number of anilines is 1. The maximum absolute atomic E-state index is 12.3. The van der Waals surface area contributed by atoms with Gasteiger partial charge in [-0.3, -0.25) is 9.20 Å². The highest BCUT2D eigenvalue weighted by Crippen LogP contribution is 2.32. The van der Waals surface area contributed by atoms with Crippen molar-refractivity contribution in [2.24, 2.45) is 5.92 Å². The topological polar surface area (TPSA) is 80.5 Å². The summed E-state index contributed by atoms with van der Waals surface area (Å²) in [5.74, 6) is 1.83. The van der Waals surface area contributed by atoms with Crippen LogP contribution in [0.3, 0.4) is 0 Å². The summed E-state index contributed by atoms with van der Waals surface area (Å²) in [6.07, 6.45) is 7.56. The van der Waals surface area contributed by atoms with Crippen molar-refractivity contribution in [2.75, 3.05) is 19.0 Å². The molecule has 0 bridgehead atoms. The number of methoxy groups -OCH3 is 1. The zero-order valence-electron chi connectivity index (χ0n) is 16.4. The first-order valence-corrected chi connectivity index (χ1v) is 9.62. The molecule has 2 heterocycles. The molecule has 1 fully saturated rings. The second-order valence-electron chi connectivity index (χ2n) is 7.55. The first-order chi connectivity index (χ1) is 13.6. The largest absolute Gasteiger partial charge is 0.496 e. The molecule has 7 nitrogen and oxygen atoms in total. The van der Waals surface area contributed by atoms with Crippen LogP contribution in [-0.2, 0) is 0 Å². The van der Waals surface area contributed by atoms with Gasteiger partial charge in [0, 0.05) is 36.1 Å². The Morgan fingerprint density at radius 1 is 1.32 bits per heavy atom. The second kappa shape index (κ2) is 7.50. The lowest BCUT2D eigenvalue weighted by Crippen LogP contribution is -2.25. The molecule has 0 spiro atoms. The van der Waals surface area contributed by atoms with E-state index in [-0.39, 0.29) is 5.91 Å². The Kier molecular flexibility index (Phi) is 4.90. The first kappa shape index (κ1) is 18.3. The van der Waals surface area contributed by atoms with Crippen LogP contribution in [0.2, 0.25) is 0 Å². The lowest BCUT2D eigenvalue weighted by atomic mass is 10.1. The number of nitrogens with one attached hydrogen (secondary N) is 2. The summed E-state index contributed by atoms with van der Waals surface area (Å²) in [6.45, 7) is 5.12. The van der Waals surface area contributed by atoms with E-state index >= 15 is 0 Å². The maximum Gasteiger partial charge on any atom is 0.251 e. The van der Waals surface area contributed by atoms with E-state index in [1.165, 1.54) is 0 Å². The van der Waals surface area contributed by atoms with E-state index < -0.39 is 0 Å². The van der Waals surface area contributed by atoms with Crippen LogP contribution in [0, 0.1) is 5.92 Å². The molecule has 1 saturated carbocycles. The minimum absolute atomic E-state index is 0.0603. The van der Waals surface area contributed by atoms with Gasteiger partial charge < -0.3 is 15.4 Å². The van der Waals surface area contributed by atoms with E-state index in [0.717, 1.165) is 42.1 Å². The van der Waals surface area contributed by atoms with Gasteiger partial charge in [0.05, 0.1) is 19.0 Å². The molecule has 1 aliphatic carbocycles. The summed E-state index contributed by atoms with van der Waals surface area (Å²) in [5.41, 5.74) is 3.12. The molecule has 0 saturated heterocycles. The van der Waals surface area contributed by atoms with Crippen molar-refractivity contribution < 1.29 is 9.53 Å². The van der Waals surface area contributed by atoms with Crippen LogP contribution < -0.4 is 15.4 Å². The van der Waals surface area contributed by atoms with Gasteiger partial charge in [-0.15, -0.1) is 0 Å². The third-order valence-electron chi connectivity index (χ3n) is 4.76. The molecule has 7 heteroatoms. The Morgan fingerprint density at radius 3 is 2.86 bits per heavy atom. The molecule has 4 rings (SSSR count). The van der Waals surface area contributed by atoms with Gasteiger partial charge in [0.25, 0.3) is 5.91 Å². The molecule has 3 aromatic rings. The molecule has 1 amide bonds. The molecule has 0 unspecified atom stereocenters. The van der Waals surface area contributed by atoms with Gasteiger partial charge in [-0.05, 0) is 37.0 Å². The number of ether oxygens (including phenoxy) is 1. The number of hydrogen-bond acceptors (Lipinski definition) is 5. The molecular formula is C21H25N5O2. The fourth-order valence-corrected chi connectivity index (χ4v) is 3.08. The zero-order valence-corrected chi connectivity index (χ0v) is 16.4. The number of fused-ring (bicyclic) bond motifs is 1. The zero-order chi connectivity index (χ0) is 19.7. The fraction of sp³-hybridized carbons (Fsp3) is 0.381. The Labute approximate surface area is 164 Å². The van der Waals surface area contributed by atoms with Crippen LogP contribution in [0.15, 0.2) is 36.8 Å². The smallest absolute Gasteiger partial charge is 0.251 e. The number of imidazole rings is 1. The predicted octanol–water partition coefficient (Wildman–Crippen LogP) is 3.37. The number of carbonyl (C=O) groups excluding carboxylic acids is 1. The van der Waals surface area contributed by atoms with Crippen molar-refractivity contribution in [1.29, 1.82) is 0 Å². The summed E-state index contributed by atoms with van der Waals surface area (Å²) >= 11 is 0. The highest BCUT2D eigenvalue weighted by molar-refractivity contribution is 5.96. The maximum atomic E-state index is 12.3. The summed E-state index contributed by atoms with van der Waals surface area (Å²) in [5, 5.41) is 6.36. The van der Waals surface area contributed by atoms with E-state index in [1.807, 2.05) is 22.7 Å². The molecular weight excluding hydrogens is 354 g/mol. The molecule has 1 aliphatic rings.